The van der Waals surface area contributed by atoms with Gasteiger partial charge < -0.3 is 5.73 Å². The Balaban J connectivity index is 2.03. The summed E-state index contributed by atoms with van der Waals surface area (Å²) in [5.74, 6) is 0. The standard InChI is InChI=1S/C10H16FN/c11-10(6-9(12)7-10)8-4-2-1-3-5-8/h4,9H,1-3,5-7,12H2. The normalized spacial score (nSPS) is 41.8. The van der Waals surface area contributed by atoms with E-state index in [-0.39, 0.29) is 6.04 Å². The van der Waals surface area contributed by atoms with Crippen molar-refractivity contribution in [1.82, 2.24) is 0 Å². The number of nitrogens with two attached hydrogens (primary N) is 1. The minimum Gasteiger partial charge on any atom is -0.327 e. The van der Waals surface area contributed by atoms with Crippen LogP contribution in [-0.2, 0) is 0 Å². The molecule has 2 N–H and O–H groups in total. The van der Waals surface area contributed by atoms with Gasteiger partial charge in [-0.2, -0.15) is 0 Å². The van der Waals surface area contributed by atoms with E-state index < -0.39 is 5.67 Å². The first-order valence-electron chi connectivity index (χ1n) is 4.85. The summed E-state index contributed by atoms with van der Waals surface area (Å²) in [4.78, 5) is 0. The summed E-state index contributed by atoms with van der Waals surface area (Å²) in [7, 11) is 0. The van der Waals surface area contributed by atoms with Crippen LogP contribution in [0.3, 0.4) is 0 Å². The lowest BCUT2D eigenvalue weighted by atomic mass is 9.70. The van der Waals surface area contributed by atoms with E-state index in [9.17, 15) is 4.39 Å². The third-order valence-corrected chi connectivity index (χ3v) is 3.04. The molecular formula is C10H16FN. The Morgan fingerprint density at radius 3 is 2.67 bits per heavy atom. The van der Waals surface area contributed by atoms with Crippen LogP contribution < -0.4 is 5.73 Å². The molecule has 0 spiro atoms. The number of hydrogen-bond donors (Lipinski definition) is 1. The van der Waals surface area contributed by atoms with Crippen molar-refractivity contribution in [3.05, 3.63) is 11.6 Å². The van der Waals surface area contributed by atoms with Crippen LogP contribution in [0, 0.1) is 0 Å². The molecule has 0 aromatic heterocycles. The van der Waals surface area contributed by atoms with Crippen molar-refractivity contribution in [3.63, 3.8) is 0 Å². The molecule has 0 heterocycles. The van der Waals surface area contributed by atoms with Crippen LogP contribution in [0.15, 0.2) is 11.6 Å². The Labute approximate surface area is 72.8 Å². The molecule has 1 nitrogen and oxygen atoms in total. The van der Waals surface area contributed by atoms with E-state index in [0.717, 1.165) is 24.8 Å². The van der Waals surface area contributed by atoms with Gasteiger partial charge in [0.15, 0.2) is 0 Å². The Morgan fingerprint density at radius 1 is 1.42 bits per heavy atom. The van der Waals surface area contributed by atoms with Gasteiger partial charge in [-0.15, -0.1) is 0 Å². The van der Waals surface area contributed by atoms with E-state index in [1.807, 2.05) is 0 Å². The van der Waals surface area contributed by atoms with Gasteiger partial charge in [-0.05, 0) is 31.3 Å². The van der Waals surface area contributed by atoms with Crippen LogP contribution in [0.1, 0.15) is 38.5 Å². The second-order valence-electron chi connectivity index (χ2n) is 4.11. The Kier molecular flexibility index (Phi) is 1.95. The lowest BCUT2D eigenvalue weighted by molar-refractivity contribution is 0.0773. The molecule has 2 heteroatoms. The fourth-order valence-corrected chi connectivity index (χ4v) is 2.28. The Bertz CT molecular complexity index is 204. The molecule has 0 bridgehead atoms. The SMILES string of the molecule is NC1CC(F)(C2=CCCCC2)C1. The average Bonchev–Trinajstić information content (AvgIpc) is 2.04. The fraction of sp³-hybridized carbons (Fsp3) is 0.800. The zero-order valence-electron chi connectivity index (χ0n) is 7.35. The molecule has 0 aromatic rings. The minimum absolute atomic E-state index is 0.109. The fourth-order valence-electron chi connectivity index (χ4n) is 2.28. The van der Waals surface area contributed by atoms with Gasteiger partial charge in [0.05, 0.1) is 0 Å². The second-order valence-corrected chi connectivity index (χ2v) is 4.11. The van der Waals surface area contributed by atoms with E-state index >= 15 is 0 Å². The maximum Gasteiger partial charge on any atom is 0.135 e. The van der Waals surface area contributed by atoms with Gasteiger partial charge in [-0.1, -0.05) is 6.08 Å². The maximum atomic E-state index is 13.9. The van der Waals surface area contributed by atoms with Crippen LogP contribution in [0.5, 0.6) is 0 Å². The Hall–Kier alpha value is -0.370. The molecule has 0 aromatic carbocycles. The van der Waals surface area contributed by atoms with Crippen molar-refractivity contribution in [3.8, 4) is 0 Å². The van der Waals surface area contributed by atoms with Crippen molar-refractivity contribution in [2.75, 3.05) is 0 Å². The topological polar surface area (TPSA) is 26.0 Å². The monoisotopic (exact) mass is 169 g/mol. The highest BCUT2D eigenvalue weighted by atomic mass is 19.1. The summed E-state index contributed by atoms with van der Waals surface area (Å²) >= 11 is 0. The van der Waals surface area contributed by atoms with Crippen molar-refractivity contribution in [2.24, 2.45) is 5.73 Å². The highest BCUT2D eigenvalue weighted by Crippen LogP contribution is 2.44. The Morgan fingerprint density at radius 2 is 2.17 bits per heavy atom. The van der Waals surface area contributed by atoms with Crippen LogP contribution in [0.2, 0.25) is 0 Å². The third kappa shape index (κ3) is 1.28. The highest BCUT2D eigenvalue weighted by molar-refractivity contribution is 5.24. The van der Waals surface area contributed by atoms with Crippen molar-refractivity contribution in [1.29, 1.82) is 0 Å². The molecular weight excluding hydrogens is 153 g/mol. The van der Waals surface area contributed by atoms with E-state index in [0.29, 0.717) is 12.8 Å². The van der Waals surface area contributed by atoms with Gasteiger partial charge in [0.25, 0.3) is 0 Å². The van der Waals surface area contributed by atoms with E-state index in [2.05, 4.69) is 6.08 Å². The molecule has 2 rings (SSSR count). The molecule has 1 fully saturated rings. The average molecular weight is 169 g/mol. The summed E-state index contributed by atoms with van der Waals surface area (Å²) in [6, 6.07) is 0.109. The predicted octanol–water partition coefficient (Wildman–Crippen LogP) is 2.32. The number of halogens is 1. The molecule has 0 atom stereocenters. The molecule has 12 heavy (non-hydrogen) atoms. The predicted molar refractivity (Wildman–Crippen MR) is 47.6 cm³/mol. The van der Waals surface area contributed by atoms with E-state index in [1.54, 1.807) is 0 Å². The van der Waals surface area contributed by atoms with Crippen molar-refractivity contribution < 1.29 is 4.39 Å². The number of hydrogen-bond acceptors (Lipinski definition) is 1. The van der Waals surface area contributed by atoms with Gasteiger partial charge in [0.1, 0.15) is 5.67 Å². The molecule has 0 aliphatic heterocycles. The third-order valence-electron chi connectivity index (χ3n) is 3.04. The van der Waals surface area contributed by atoms with Gasteiger partial charge in [-0.25, -0.2) is 4.39 Å². The molecule has 1 saturated carbocycles. The van der Waals surface area contributed by atoms with Gasteiger partial charge in [-0.3, -0.25) is 0 Å². The summed E-state index contributed by atoms with van der Waals surface area (Å²) < 4.78 is 13.9. The first-order valence-corrected chi connectivity index (χ1v) is 4.85. The molecule has 0 saturated heterocycles. The van der Waals surface area contributed by atoms with Crippen molar-refractivity contribution >= 4 is 0 Å². The number of rotatable bonds is 1. The highest BCUT2D eigenvalue weighted by Gasteiger charge is 2.45. The first kappa shape index (κ1) is 8.24. The second kappa shape index (κ2) is 2.84. The summed E-state index contributed by atoms with van der Waals surface area (Å²) in [6.45, 7) is 0. The van der Waals surface area contributed by atoms with Crippen LogP contribution >= 0.6 is 0 Å². The van der Waals surface area contributed by atoms with Gasteiger partial charge in [0, 0.05) is 18.9 Å². The molecule has 2 aliphatic rings. The maximum absolute atomic E-state index is 13.9. The van der Waals surface area contributed by atoms with Crippen LogP contribution in [0.25, 0.3) is 0 Å². The lowest BCUT2D eigenvalue weighted by Gasteiger charge is -2.42. The number of alkyl halides is 1. The minimum atomic E-state index is -1.00. The first-order chi connectivity index (χ1) is 5.71. The molecule has 0 unspecified atom stereocenters. The summed E-state index contributed by atoms with van der Waals surface area (Å²) in [5, 5.41) is 0. The molecule has 68 valence electrons. The molecule has 0 amide bonds. The number of allylic oxidation sites excluding steroid dienone is 2. The molecule has 0 radical (unpaired) electrons. The van der Waals surface area contributed by atoms with Gasteiger partial charge in [0.2, 0.25) is 0 Å². The van der Waals surface area contributed by atoms with E-state index in [1.165, 1.54) is 6.42 Å². The van der Waals surface area contributed by atoms with E-state index in [4.69, 9.17) is 5.73 Å². The van der Waals surface area contributed by atoms with Crippen LogP contribution in [-0.4, -0.2) is 11.7 Å². The smallest absolute Gasteiger partial charge is 0.135 e. The molecule has 2 aliphatic carbocycles. The lowest BCUT2D eigenvalue weighted by Crippen LogP contribution is -2.49. The summed E-state index contributed by atoms with van der Waals surface area (Å²) in [5.41, 5.74) is 5.63. The van der Waals surface area contributed by atoms with Crippen LogP contribution in [0.4, 0.5) is 4.39 Å². The zero-order valence-corrected chi connectivity index (χ0v) is 7.35. The van der Waals surface area contributed by atoms with Gasteiger partial charge >= 0.3 is 0 Å². The largest absolute Gasteiger partial charge is 0.327 e. The zero-order chi connectivity index (χ0) is 8.60. The quantitative estimate of drug-likeness (QED) is 0.599. The summed E-state index contributed by atoms with van der Waals surface area (Å²) in [6.07, 6.45) is 7.62. The van der Waals surface area contributed by atoms with Crippen molar-refractivity contribution in [2.45, 2.75) is 50.2 Å².